The minimum Gasteiger partial charge on any atom is -0.325 e. The van der Waals surface area contributed by atoms with Gasteiger partial charge in [0.1, 0.15) is 6.54 Å². The Morgan fingerprint density at radius 2 is 1.94 bits per heavy atom. The van der Waals surface area contributed by atoms with Crippen LogP contribution in [-0.4, -0.2) is 23.9 Å². The number of benzene rings is 1. The molecule has 0 atom stereocenters. The van der Waals surface area contributed by atoms with Gasteiger partial charge in [0, 0.05) is 12.1 Å². The first-order chi connectivity index (χ1) is 8.60. The van der Waals surface area contributed by atoms with Crippen molar-refractivity contribution in [3.05, 3.63) is 35.4 Å². The predicted octanol–water partition coefficient (Wildman–Crippen LogP) is 3.19. The van der Waals surface area contributed by atoms with Gasteiger partial charge in [0.05, 0.1) is 6.07 Å². The van der Waals surface area contributed by atoms with E-state index in [-0.39, 0.29) is 12.5 Å². The van der Waals surface area contributed by atoms with Gasteiger partial charge in [0.2, 0.25) is 0 Å². The second-order valence-corrected chi connectivity index (χ2v) is 4.66. The molecule has 0 saturated carbocycles. The fourth-order valence-electron chi connectivity index (χ4n) is 1.80. The predicted molar refractivity (Wildman–Crippen MR) is 72.3 cm³/mol. The maximum absolute atomic E-state index is 12.2. The van der Waals surface area contributed by atoms with Crippen molar-refractivity contribution in [2.24, 2.45) is 0 Å². The Labute approximate surface area is 109 Å². The Bertz CT molecular complexity index is 429. The smallest absolute Gasteiger partial charge is 0.254 e. The van der Waals surface area contributed by atoms with E-state index >= 15 is 0 Å². The fourth-order valence-corrected chi connectivity index (χ4v) is 1.80. The average Bonchev–Trinajstić information content (AvgIpc) is 2.38. The Kier molecular flexibility index (Phi) is 5.38. The molecule has 0 saturated heterocycles. The maximum atomic E-state index is 12.2. The summed E-state index contributed by atoms with van der Waals surface area (Å²) in [7, 11) is 0. The van der Waals surface area contributed by atoms with Gasteiger partial charge in [-0.15, -0.1) is 0 Å². The molecule has 0 N–H and O–H groups in total. The van der Waals surface area contributed by atoms with Gasteiger partial charge in [-0.2, -0.15) is 5.26 Å². The lowest BCUT2D eigenvalue weighted by Gasteiger charge is -2.19. The molecule has 0 aromatic heterocycles. The molecule has 0 aliphatic carbocycles. The number of carbonyl (C=O) groups excluding carboxylic acids is 1. The Morgan fingerprint density at radius 3 is 2.39 bits per heavy atom. The van der Waals surface area contributed by atoms with Crippen molar-refractivity contribution in [3.8, 4) is 6.07 Å². The lowest BCUT2D eigenvalue weighted by Crippen LogP contribution is -2.32. The molecule has 0 bridgehead atoms. The summed E-state index contributed by atoms with van der Waals surface area (Å²) in [5.41, 5.74) is 1.87. The van der Waals surface area contributed by atoms with Gasteiger partial charge in [-0.3, -0.25) is 4.79 Å². The van der Waals surface area contributed by atoms with Gasteiger partial charge in [0.15, 0.2) is 0 Å². The number of carbonyl (C=O) groups is 1. The zero-order chi connectivity index (χ0) is 13.5. The zero-order valence-corrected chi connectivity index (χ0v) is 11.3. The highest BCUT2D eigenvalue weighted by Gasteiger charge is 2.14. The largest absolute Gasteiger partial charge is 0.325 e. The highest BCUT2D eigenvalue weighted by molar-refractivity contribution is 5.94. The van der Waals surface area contributed by atoms with Crippen LogP contribution in [0.25, 0.3) is 0 Å². The van der Waals surface area contributed by atoms with E-state index in [1.807, 2.05) is 37.3 Å². The molecule has 0 aliphatic heterocycles. The van der Waals surface area contributed by atoms with Crippen molar-refractivity contribution in [2.45, 2.75) is 33.1 Å². The first-order valence-electron chi connectivity index (χ1n) is 6.36. The van der Waals surface area contributed by atoms with Crippen LogP contribution in [0.5, 0.6) is 0 Å². The average molecular weight is 244 g/mol. The highest BCUT2D eigenvalue weighted by Crippen LogP contribution is 2.15. The van der Waals surface area contributed by atoms with E-state index in [2.05, 4.69) is 13.8 Å². The van der Waals surface area contributed by atoms with E-state index in [1.54, 1.807) is 4.90 Å². The minimum absolute atomic E-state index is 0.0614. The summed E-state index contributed by atoms with van der Waals surface area (Å²) in [6, 6.07) is 9.69. The topological polar surface area (TPSA) is 44.1 Å². The SMILES string of the molecule is CCCN(CC#N)C(=O)c1ccc(C(C)C)cc1. The van der Waals surface area contributed by atoms with Crippen molar-refractivity contribution in [2.75, 3.05) is 13.1 Å². The molecular formula is C15H20N2O. The fraction of sp³-hybridized carbons (Fsp3) is 0.467. The number of nitrogens with zero attached hydrogens (tertiary/aromatic N) is 2. The van der Waals surface area contributed by atoms with Crippen LogP contribution in [-0.2, 0) is 0 Å². The van der Waals surface area contributed by atoms with Crippen molar-refractivity contribution >= 4 is 5.91 Å². The molecule has 0 fully saturated rings. The second kappa shape index (κ2) is 6.80. The Morgan fingerprint density at radius 1 is 1.33 bits per heavy atom. The molecular weight excluding hydrogens is 224 g/mol. The summed E-state index contributed by atoms with van der Waals surface area (Å²) >= 11 is 0. The third-order valence-corrected chi connectivity index (χ3v) is 2.87. The molecule has 18 heavy (non-hydrogen) atoms. The molecule has 0 spiro atoms. The summed E-state index contributed by atoms with van der Waals surface area (Å²) in [6.07, 6.45) is 0.859. The number of rotatable bonds is 5. The van der Waals surface area contributed by atoms with Crippen molar-refractivity contribution in [3.63, 3.8) is 0 Å². The Balaban J connectivity index is 2.85. The van der Waals surface area contributed by atoms with Crippen molar-refractivity contribution < 1.29 is 4.79 Å². The summed E-state index contributed by atoms with van der Waals surface area (Å²) in [5, 5.41) is 8.73. The molecule has 3 heteroatoms. The molecule has 3 nitrogen and oxygen atoms in total. The van der Waals surface area contributed by atoms with Gasteiger partial charge in [-0.1, -0.05) is 32.9 Å². The summed E-state index contributed by atoms with van der Waals surface area (Å²) < 4.78 is 0. The lowest BCUT2D eigenvalue weighted by molar-refractivity contribution is 0.0776. The van der Waals surface area contributed by atoms with E-state index in [0.29, 0.717) is 18.0 Å². The standard InChI is InChI=1S/C15H20N2O/c1-4-10-17(11-9-16)15(18)14-7-5-13(6-8-14)12(2)3/h5-8,12H,4,10-11H2,1-3H3. The quantitative estimate of drug-likeness (QED) is 0.747. The molecule has 96 valence electrons. The number of amides is 1. The molecule has 0 heterocycles. The summed E-state index contributed by atoms with van der Waals surface area (Å²) in [4.78, 5) is 13.8. The molecule has 1 amide bonds. The maximum Gasteiger partial charge on any atom is 0.254 e. The monoisotopic (exact) mass is 244 g/mol. The van der Waals surface area contributed by atoms with E-state index < -0.39 is 0 Å². The van der Waals surface area contributed by atoms with Crippen LogP contribution in [0.3, 0.4) is 0 Å². The molecule has 1 aromatic carbocycles. The van der Waals surface area contributed by atoms with Crippen LogP contribution in [0, 0.1) is 11.3 Å². The number of nitriles is 1. The molecule has 1 aromatic rings. The van der Waals surface area contributed by atoms with E-state index in [0.717, 1.165) is 6.42 Å². The summed E-state index contributed by atoms with van der Waals surface area (Å²) in [5.74, 6) is 0.397. The first-order valence-corrected chi connectivity index (χ1v) is 6.36. The lowest BCUT2D eigenvalue weighted by atomic mass is 10.0. The van der Waals surface area contributed by atoms with Gasteiger partial charge in [-0.05, 0) is 30.0 Å². The molecule has 0 radical (unpaired) electrons. The van der Waals surface area contributed by atoms with Gasteiger partial charge in [-0.25, -0.2) is 0 Å². The number of hydrogen-bond acceptors (Lipinski definition) is 2. The molecule has 1 rings (SSSR count). The van der Waals surface area contributed by atoms with Crippen molar-refractivity contribution in [1.29, 1.82) is 5.26 Å². The van der Waals surface area contributed by atoms with E-state index in [1.165, 1.54) is 5.56 Å². The minimum atomic E-state index is -0.0614. The van der Waals surface area contributed by atoms with Crippen LogP contribution < -0.4 is 0 Å². The highest BCUT2D eigenvalue weighted by atomic mass is 16.2. The van der Waals surface area contributed by atoms with E-state index in [4.69, 9.17) is 5.26 Å². The zero-order valence-electron chi connectivity index (χ0n) is 11.3. The van der Waals surface area contributed by atoms with Gasteiger partial charge >= 0.3 is 0 Å². The van der Waals surface area contributed by atoms with Crippen LogP contribution in [0.15, 0.2) is 24.3 Å². The normalized spacial score (nSPS) is 10.2. The van der Waals surface area contributed by atoms with Crippen LogP contribution >= 0.6 is 0 Å². The Hall–Kier alpha value is -1.82. The van der Waals surface area contributed by atoms with Crippen LogP contribution in [0.4, 0.5) is 0 Å². The second-order valence-electron chi connectivity index (χ2n) is 4.66. The third-order valence-electron chi connectivity index (χ3n) is 2.87. The number of hydrogen-bond donors (Lipinski definition) is 0. The van der Waals surface area contributed by atoms with Crippen molar-refractivity contribution in [1.82, 2.24) is 4.90 Å². The van der Waals surface area contributed by atoms with Crippen LogP contribution in [0.2, 0.25) is 0 Å². The first kappa shape index (κ1) is 14.2. The molecule has 0 unspecified atom stereocenters. The third kappa shape index (κ3) is 3.59. The molecule has 0 aliphatic rings. The van der Waals surface area contributed by atoms with E-state index in [9.17, 15) is 4.79 Å². The van der Waals surface area contributed by atoms with Crippen LogP contribution in [0.1, 0.15) is 49.0 Å². The van der Waals surface area contributed by atoms with Gasteiger partial charge < -0.3 is 4.90 Å². The van der Waals surface area contributed by atoms with Gasteiger partial charge in [0.25, 0.3) is 5.91 Å². The summed E-state index contributed by atoms with van der Waals surface area (Å²) in [6.45, 7) is 7.02.